The van der Waals surface area contributed by atoms with Crippen LogP contribution in [-0.4, -0.2) is 60.8 Å². The highest BCUT2D eigenvalue weighted by atomic mass is 16.5. The summed E-state index contributed by atoms with van der Waals surface area (Å²) in [4.78, 5) is 26.3. The van der Waals surface area contributed by atoms with E-state index in [1.54, 1.807) is 24.9 Å². The lowest BCUT2D eigenvalue weighted by Gasteiger charge is -2.24. The summed E-state index contributed by atoms with van der Waals surface area (Å²) in [5, 5.41) is 3.96. The summed E-state index contributed by atoms with van der Waals surface area (Å²) < 4.78 is 7.16. The molecule has 0 aliphatic heterocycles. The molecule has 2 heterocycles. The molecule has 0 amide bonds. The molecule has 0 saturated heterocycles. The number of hydrogen-bond acceptors (Lipinski definition) is 8. The lowest BCUT2D eigenvalue weighted by Crippen LogP contribution is -2.29. The normalized spacial score (nSPS) is 11.1. The third-order valence-corrected chi connectivity index (χ3v) is 5.92. The second kappa shape index (κ2) is 10.0. The molecule has 4 aromatic rings. The molecule has 9 heteroatoms. The van der Waals surface area contributed by atoms with Gasteiger partial charge in [0.2, 0.25) is 5.95 Å². The number of likely N-dealkylation sites (N-methyl/N-ethyl adjacent to an activating group) is 2. The minimum atomic E-state index is -0.125. The average molecular weight is 474 g/mol. The first-order chi connectivity index (χ1) is 16.8. The fourth-order valence-corrected chi connectivity index (χ4v) is 3.91. The molecule has 4 rings (SSSR count). The number of ether oxygens (including phenoxy) is 1. The quantitative estimate of drug-likeness (QED) is 0.376. The van der Waals surface area contributed by atoms with Crippen molar-refractivity contribution in [2.24, 2.45) is 7.05 Å². The van der Waals surface area contributed by atoms with Crippen molar-refractivity contribution in [1.82, 2.24) is 19.4 Å². The Bertz CT molecular complexity index is 1400. The number of anilines is 4. The molecule has 182 valence electrons. The fourth-order valence-electron chi connectivity index (χ4n) is 3.91. The Labute approximate surface area is 204 Å². The van der Waals surface area contributed by atoms with Gasteiger partial charge in [-0.25, -0.2) is 4.98 Å². The first kappa shape index (κ1) is 24.0. The number of methoxy groups -OCH3 is 1. The van der Waals surface area contributed by atoms with Crippen LogP contribution in [0.1, 0.15) is 0 Å². The third-order valence-electron chi connectivity index (χ3n) is 5.92. The van der Waals surface area contributed by atoms with E-state index in [4.69, 9.17) is 10.5 Å². The summed E-state index contributed by atoms with van der Waals surface area (Å²) in [5.41, 5.74) is 10.4. The molecule has 0 spiro atoms. The zero-order valence-electron chi connectivity index (χ0n) is 20.7. The number of nitrogens with zero attached hydrogens (tertiary/aromatic N) is 5. The zero-order chi connectivity index (χ0) is 25.1. The van der Waals surface area contributed by atoms with Crippen molar-refractivity contribution >= 4 is 34.0 Å². The molecule has 3 N–H and O–H groups in total. The Kier molecular flexibility index (Phi) is 6.88. The molecule has 0 saturated carbocycles. The van der Waals surface area contributed by atoms with E-state index in [1.165, 1.54) is 0 Å². The molecule has 0 bridgehead atoms. The van der Waals surface area contributed by atoms with Gasteiger partial charge in [0.1, 0.15) is 11.4 Å². The molecule has 0 atom stereocenters. The lowest BCUT2D eigenvalue weighted by atomic mass is 10.1. The van der Waals surface area contributed by atoms with Gasteiger partial charge in [0.15, 0.2) is 0 Å². The number of nitrogens with two attached hydrogens (primary N) is 1. The molecule has 2 aromatic heterocycles. The van der Waals surface area contributed by atoms with E-state index in [0.29, 0.717) is 34.3 Å². The molecule has 2 aromatic carbocycles. The molecule has 0 radical (unpaired) electrons. The predicted octanol–water partition coefficient (Wildman–Crippen LogP) is 3.33. The van der Waals surface area contributed by atoms with Gasteiger partial charge < -0.3 is 25.6 Å². The maximum absolute atomic E-state index is 13.0. The van der Waals surface area contributed by atoms with Crippen LogP contribution in [0.25, 0.3) is 22.2 Å². The first-order valence-electron chi connectivity index (χ1n) is 11.3. The maximum atomic E-state index is 13.0. The lowest BCUT2D eigenvalue weighted by molar-refractivity contribution is 0.413. The van der Waals surface area contributed by atoms with E-state index in [1.807, 2.05) is 69.7 Å². The summed E-state index contributed by atoms with van der Waals surface area (Å²) in [7, 11) is 9.39. The number of benzene rings is 2. The van der Waals surface area contributed by atoms with Crippen molar-refractivity contribution in [3.63, 3.8) is 0 Å². The molecule has 0 aliphatic rings. The smallest absolute Gasteiger partial charge is 0.259 e. The van der Waals surface area contributed by atoms with E-state index >= 15 is 0 Å². The van der Waals surface area contributed by atoms with Crippen LogP contribution < -0.4 is 26.2 Å². The number of aromatic nitrogens is 3. The fraction of sp³-hybridized carbons (Fsp3) is 0.269. The Morgan fingerprint density at radius 1 is 1.09 bits per heavy atom. The van der Waals surface area contributed by atoms with Gasteiger partial charge in [0.25, 0.3) is 5.56 Å². The first-order valence-corrected chi connectivity index (χ1v) is 11.3. The van der Waals surface area contributed by atoms with Crippen molar-refractivity contribution in [1.29, 1.82) is 0 Å². The van der Waals surface area contributed by atoms with Crippen LogP contribution in [0.4, 0.5) is 23.0 Å². The molecule has 35 heavy (non-hydrogen) atoms. The number of nitrogens with one attached hydrogen (secondary N) is 1. The van der Waals surface area contributed by atoms with Crippen molar-refractivity contribution in [3.05, 3.63) is 65.1 Å². The van der Waals surface area contributed by atoms with Crippen LogP contribution in [0, 0.1) is 0 Å². The van der Waals surface area contributed by atoms with E-state index in [2.05, 4.69) is 25.1 Å². The van der Waals surface area contributed by atoms with Crippen molar-refractivity contribution in [2.45, 2.75) is 0 Å². The van der Waals surface area contributed by atoms with E-state index in [0.717, 1.165) is 29.7 Å². The number of hydrogen-bond donors (Lipinski definition) is 2. The zero-order valence-corrected chi connectivity index (χ0v) is 20.7. The number of fused-ring (bicyclic) bond motifs is 1. The van der Waals surface area contributed by atoms with Crippen molar-refractivity contribution in [3.8, 4) is 16.9 Å². The summed E-state index contributed by atoms with van der Waals surface area (Å²) in [6.07, 6.45) is 1.70. The van der Waals surface area contributed by atoms with Crippen LogP contribution in [0.5, 0.6) is 5.75 Å². The SMILES string of the molecule is COc1cc(N(C)CCN(C)C)c(N)cc1Nc1ncc2cc(-c3ccccc3)c(=O)n(C)c2n1. The summed E-state index contributed by atoms with van der Waals surface area (Å²) in [6, 6.07) is 15.1. The summed E-state index contributed by atoms with van der Waals surface area (Å²) >= 11 is 0. The minimum absolute atomic E-state index is 0.125. The Hall–Kier alpha value is -4.11. The standard InChI is InChI=1S/C26H31N7O2/c1-31(2)11-12-32(3)22-15-23(35-5)21(14-20(22)27)29-26-28-16-18-13-19(17-9-7-6-8-10-17)25(34)33(4)24(18)30-26/h6-10,13-16H,11-12,27H2,1-5H3,(H,28,29,30). The van der Waals surface area contributed by atoms with Gasteiger partial charge in [-0.05, 0) is 31.8 Å². The number of rotatable bonds is 8. The third kappa shape index (κ3) is 5.04. The minimum Gasteiger partial charge on any atom is -0.494 e. The Morgan fingerprint density at radius 2 is 1.83 bits per heavy atom. The number of aryl methyl sites for hydroxylation is 1. The van der Waals surface area contributed by atoms with Crippen LogP contribution in [0.15, 0.2) is 59.5 Å². The highest BCUT2D eigenvalue weighted by Gasteiger charge is 2.15. The van der Waals surface area contributed by atoms with Gasteiger partial charge in [-0.3, -0.25) is 9.36 Å². The monoisotopic (exact) mass is 473 g/mol. The van der Waals surface area contributed by atoms with Crippen LogP contribution >= 0.6 is 0 Å². The van der Waals surface area contributed by atoms with Crippen molar-refractivity contribution in [2.75, 3.05) is 57.3 Å². The molecule has 9 nitrogen and oxygen atoms in total. The van der Waals surface area contributed by atoms with E-state index in [-0.39, 0.29) is 5.56 Å². The highest BCUT2D eigenvalue weighted by Crippen LogP contribution is 2.36. The van der Waals surface area contributed by atoms with Gasteiger partial charge >= 0.3 is 0 Å². The van der Waals surface area contributed by atoms with Crippen LogP contribution in [0.2, 0.25) is 0 Å². The van der Waals surface area contributed by atoms with Crippen LogP contribution in [0.3, 0.4) is 0 Å². The van der Waals surface area contributed by atoms with Crippen LogP contribution in [-0.2, 0) is 7.05 Å². The van der Waals surface area contributed by atoms with Crippen molar-refractivity contribution < 1.29 is 4.74 Å². The van der Waals surface area contributed by atoms with E-state index in [9.17, 15) is 4.79 Å². The Balaban J connectivity index is 1.67. The maximum Gasteiger partial charge on any atom is 0.259 e. The topological polar surface area (TPSA) is 102 Å². The molecular formula is C26H31N7O2. The molecule has 0 fully saturated rings. The van der Waals surface area contributed by atoms with Gasteiger partial charge in [0.05, 0.1) is 24.2 Å². The average Bonchev–Trinajstić information content (AvgIpc) is 2.85. The highest BCUT2D eigenvalue weighted by molar-refractivity contribution is 5.83. The summed E-state index contributed by atoms with van der Waals surface area (Å²) in [6.45, 7) is 1.72. The number of pyridine rings is 1. The van der Waals surface area contributed by atoms with Gasteiger partial charge in [-0.1, -0.05) is 30.3 Å². The second-order valence-electron chi connectivity index (χ2n) is 8.72. The molecule has 0 aliphatic carbocycles. The Morgan fingerprint density at radius 3 is 2.51 bits per heavy atom. The molecule has 0 unspecified atom stereocenters. The predicted molar refractivity (Wildman–Crippen MR) is 143 cm³/mol. The van der Waals surface area contributed by atoms with E-state index < -0.39 is 0 Å². The number of nitrogen functional groups attached to an aromatic ring is 1. The van der Waals surface area contributed by atoms with Gasteiger partial charge in [-0.2, -0.15) is 4.98 Å². The largest absolute Gasteiger partial charge is 0.494 e. The van der Waals surface area contributed by atoms with Gasteiger partial charge in [-0.15, -0.1) is 0 Å². The van der Waals surface area contributed by atoms with Gasteiger partial charge in [0, 0.05) is 50.4 Å². The second-order valence-corrected chi connectivity index (χ2v) is 8.72. The summed E-state index contributed by atoms with van der Waals surface area (Å²) in [5.74, 6) is 0.953. The molecular weight excluding hydrogens is 442 g/mol.